The zero-order valence-corrected chi connectivity index (χ0v) is 20.2. The van der Waals surface area contributed by atoms with E-state index in [2.05, 4.69) is 25.1 Å². The quantitative estimate of drug-likeness (QED) is 0.223. The predicted molar refractivity (Wildman–Crippen MR) is 130 cm³/mol. The number of hydrogen-bond donors (Lipinski definition) is 1. The Labute approximate surface area is 219 Å². The average molecular weight is 536 g/mol. The van der Waals surface area contributed by atoms with Gasteiger partial charge in [-0.1, -0.05) is 24.3 Å². The fourth-order valence-electron chi connectivity index (χ4n) is 4.17. The van der Waals surface area contributed by atoms with Gasteiger partial charge in [-0.05, 0) is 54.4 Å². The summed E-state index contributed by atoms with van der Waals surface area (Å²) in [6, 6.07) is 13.3. The summed E-state index contributed by atoms with van der Waals surface area (Å²) in [6.45, 7) is 2.09. The molecule has 3 heterocycles. The molecular formula is C26H19F3N6O4. The summed E-state index contributed by atoms with van der Waals surface area (Å²) in [4.78, 5) is 29.1. The molecule has 198 valence electrons. The Kier molecular flexibility index (Phi) is 6.56. The van der Waals surface area contributed by atoms with E-state index >= 15 is 0 Å². The summed E-state index contributed by atoms with van der Waals surface area (Å²) in [5.41, 5.74) is 1.66. The average Bonchev–Trinajstić information content (AvgIpc) is 3.50. The molecule has 10 nitrogen and oxygen atoms in total. The zero-order valence-electron chi connectivity index (χ0n) is 20.2. The lowest BCUT2D eigenvalue weighted by atomic mass is 9.94. The Hall–Kier alpha value is -5.07. The van der Waals surface area contributed by atoms with Crippen LogP contribution in [-0.4, -0.2) is 48.4 Å². The number of halogens is 3. The number of anilines is 1. The van der Waals surface area contributed by atoms with Crippen LogP contribution in [0.3, 0.4) is 0 Å². The number of nitrogens with zero attached hydrogens (tertiary/aromatic N) is 6. The molecule has 4 aromatic rings. The lowest BCUT2D eigenvalue weighted by molar-refractivity contribution is -0.274. The Morgan fingerprint density at radius 1 is 0.949 bits per heavy atom. The molecular weight excluding hydrogens is 517 g/mol. The van der Waals surface area contributed by atoms with Crippen molar-refractivity contribution in [3.63, 3.8) is 0 Å². The van der Waals surface area contributed by atoms with E-state index in [0.29, 0.717) is 17.8 Å². The summed E-state index contributed by atoms with van der Waals surface area (Å²) >= 11 is 0. The third-order valence-electron chi connectivity index (χ3n) is 5.92. The first kappa shape index (κ1) is 25.6. The van der Waals surface area contributed by atoms with Crippen LogP contribution in [0.15, 0.2) is 78.6 Å². The highest BCUT2D eigenvalue weighted by molar-refractivity contribution is 6.51. The molecule has 1 unspecified atom stereocenters. The molecule has 2 aromatic carbocycles. The number of aliphatic hydroxyl groups excluding tert-OH is 1. The van der Waals surface area contributed by atoms with Gasteiger partial charge in [0, 0.05) is 5.56 Å². The van der Waals surface area contributed by atoms with Crippen LogP contribution in [0, 0.1) is 6.92 Å². The van der Waals surface area contributed by atoms with Crippen LogP contribution in [0.5, 0.6) is 5.75 Å². The Morgan fingerprint density at radius 3 is 2.21 bits per heavy atom. The largest absolute Gasteiger partial charge is 0.573 e. The van der Waals surface area contributed by atoms with Gasteiger partial charge in [-0.15, -0.1) is 18.3 Å². The third-order valence-corrected chi connectivity index (χ3v) is 5.92. The maximum Gasteiger partial charge on any atom is 0.573 e. The lowest BCUT2D eigenvalue weighted by Gasteiger charge is -2.24. The fourth-order valence-corrected chi connectivity index (χ4v) is 4.17. The van der Waals surface area contributed by atoms with Gasteiger partial charge in [0.1, 0.15) is 11.5 Å². The molecule has 5 rings (SSSR count). The normalized spacial score (nSPS) is 17.0. The standard InChI is InChI=1S/C26H19F3N6O4/c1-15-2-11-20(33-32-15)35-22(17-5-3-16(4-6-17)14-34-30-12-13-31-34)21(24(37)25(35)38)23(36)18-7-9-19(10-8-18)39-26(27,28)29/h2-13,22,36H,14H2,1H3. The molecule has 1 N–H and O–H groups in total. The molecule has 13 heteroatoms. The first-order valence-corrected chi connectivity index (χ1v) is 11.5. The highest BCUT2D eigenvalue weighted by atomic mass is 19.4. The van der Waals surface area contributed by atoms with Crippen LogP contribution in [0.1, 0.15) is 28.4 Å². The topological polar surface area (TPSA) is 123 Å². The van der Waals surface area contributed by atoms with Crippen molar-refractivity contribution in [3.05, 3.63) is 101 Å². The van der Waals surface area contributed by atoms with Crippen LogP contribution in [-0.2, 0) is 16.1 Å². The molecule has 2 aromatic heterocycles. The van der Waals surface area contributed by atoms with Crippen molar-refractivity contribution in [1.29, 1.82) is 0 Å². The number of ether oxygens (including phenoxy) is 1. The number of hydrogen-bond acceptors (Lipinski definition) is 8. The summed E-state index contributed by atoms with van der Waals surface area (Å²) < 4.78 is 41.5. The first-order chi connectivity index (χ1) is 18.6. The molecule has 1 fully saturated rings. The van der Waals surface area contributed by atoms with Crippen molar-refractivity contribution >= 4 is 23.3 Å². The maximum absolute atomic E-state index is 13.2. The van der Waals surface area contributed by atoms with Gasteiger partial charge in [0.2, 0.25) is 0 Å². The number of aromatic nitrogens is 5. The van der Waals surface area contributed by atoms with E-state index in [1.807, 2.05) is 0 Å². The molecule has 1 amide bonds. The van der Waals surface area contributed by atoms with Gasteiger partial charge in [0.05, 0.1) is 36.2 Å². The summed E-state index contributed by atoms with van der Waals surface area (Å²) in [5.74, 6) is -2.91. The van der Waals surface area contributed by atoms with E-state index in [9.17, 15) is 27.9 Å². The van der Waals surface area contributed by atoms with Gasteiger partial charge in [-0.2, -0.15) is 20.1 Å². The number of aryl methyl sites for hydroxylation is 1. The van der Waals surface area contributed by atoms with Crippen LogP contribution in [0.2, 0.25) is 0 Å². The molecule has 0 saturated carbocycles. The van der Waals surface area contributed by atoms with Gasteiger partial charge in [0.25, 0.3) is 5.78 Å². The van der Waals surface area contributed by atoms with Crippen LogP contribution in [0.4, 0.5) is 19.0 Å². The minimum atomic E-state index is -4.89. The summed E-state index contributed by atoms with van der Waals surface area (Å²) in [5, 5.41) is 27.3. The highest BCUT2D eigenvalue weighted by Crippen LogP contribution is 2.41. The summed E-state index contributed by atoms with van der Waals surface area (Å²) in [7, 11) is 0. The molecule has 0 aliphatic carbocycles. The first-order valence-electron chi connectivity index (χ1n) is 11.5. The lowest BCUT2D eigenvalue weighted by Crippen LogP contribution is -2.30. The van der Waals surface area contributed by atoms with Crippen molar-refractivity contribution in [3.8, 4) is 5.75 Å². The van der Waals surface area contributed by atoms with Crippen LogP contribution in [0.25, 0.3) is 5.76 Å². The second-order valence-electron chi connectivity index (χ2n) is 8.58. The van der Waals surface area contributed by atoms with Crippen molar-refractivity contribution in [2.45, 2.75) is 25.9 Å². The number of amides is 1. The van der Waals surface area contributed by atoms with E-state index in [1.54, 1.807) is 49.6 Å². The molecule has 1 aliphatic heterocycles. The van der Waals surface area contributed by atoms with E-state index in [0.717, 1.165) is 34.7 Å². The second kappa shape index (κ2) is 10.0. The Morgan fingerprint density at radius 2 is 1.62 bits per heavy atom. The van der Waals surface area contributed by atoms with E-state index < -0.39 is 35.6 Å². The monoisotopic (exact) mass is 536 g/mol. The summed E-state index contributed by atoms with van der Waals surface area (Å²) in [6.07, 6.45) is -1.80. The number of ketones is 1. The fraction of sp³-hybridized carbons (Fsp3) is 0.154. The minimum absolute atomic E-state index is 0.0175. The second-order valence-corrected chi connectivity index (χ2v) is 8.58. The maximum atomic E-state index is 13.2. The van der Waals surface area contributed by atoms with Gasteiger partial charge >= 0.3 is 12.3 Å². The molecule has 1 atom stereocenters. The number of benzene rings is 2. The number of carbonyl (C=O) groups is 2. The van der Waals surface area contributed by atoms with Crippen LogP contribution >= 0.6 is 0 Å². The predicted octanol–water partition coefficient (Wildman–Crippen LogP) is 3.95. The highest BCUT2D eigenvalue weighted by Gasteiger charge is 2.47. The van der Waals surface area contributed by atoms with E-state index in [4.69, 9.17) is 0 Å². The van der Waals surface area contributed by atoms with Crippen LogP contribution < -0.4 is 9.64 Å². The number of carbonyl (C=O) groups excluding carboxylic acids is 2. The minimum Gasteiger partial charge on any atom is -0.507 e. The Bertz CT molecular complexity index is 1530. The molecule has 1 aliphatic rings. The van der Waals surface area contributed by atoms with Crippen molar-refractivity contribution in [2.75, 3.05) is 4.90 Å². The Balaban J connectivity index is 1.58. The molecule has 0 radical (unpaired) electrons. The SMILES string of the molecule is Cc1ccc(N2C(=O)C(=O)C(=C(O)c3ccc(OC(F)(F)F)cc3)C2c2ccc(Cn3nccn3)cc2)nn1. The van der Waals surface area contributed by atoms with Gasteiger partial charge in [-0.25, -0.2) is 0 Å². The van der Waals surface area contributed by atoms with E-state index in [1.165, 1.54) is 10.9 Å². The molecule has 0 spiro atoms. The number of alkyl halides is 3. The van der Waals surface area contributed by atoms with Gasteiger partial charge < -0.3 is 9.84 Å². The zero-order chi connectivity index (χ0) is 27.7. The molecule has 0 bridgehead atoms. The number of aliphatic hydroxyl groups is 1. The smallest absolute Gasteiger partial charge is 0.507 e. The third kappa shape index (κ3) is 5.32. The molecule has 39 heavy (non-hydrogen) atoms. The number of rotatable bonds is 6. The van der Waals surface area contributed by atoms with Crippen molar-refractivity contribution < 1.29 is 32.6 Å². The van der Waals surface area contributed by atoms with Crippen molar-refractivity contribution in [2.24, 2.45) is 0 Å². The number of Topliss-reactive ketones (excluding diaryl/α,β-unsaturated/α-hetero) is 1. The molecule has 1 saturated heterocycles. The van der Waals surface area contributed by atoms with E-state index in [-0.39, 0.29) is 17.0 Å². The van der Waals surface area contributed by atoms with Gasteiger partial charge in [-0.3, -0.25) is 14.5 Å². The van der Waals surface area contributed by atoms with Gasteiger partial charge in [0.15, 0.2) is 5.82 Å². The van der Waals surface area contributed by atoms with Crippen molar-refractivity contribution in [1.82, 2.24) is 25.2 Å².